The van der Waals surface area contributed by atoms with Crippen LogP contribution in [0.25, 0.3) is 11.4 Å². The maximum atomic E-state index is 12.5. The molecule has 2 atom stereocenters. The van der Waals surface area contributed by atoms with E-state index in [0.29, 0.717) is 17.6 Å². The molecule has 0 bridgehead atoms. The summed E-state index contributed by atoms with van der Waals surface area (Å²) >= 11 is 0. The first-order chi connectivity index (χ1) is 13.1. The number of pyridine rings is 1. The van der Waals surface area contributed by atoms with Gasteiger partial charge in [-0.2, -0.15) is 4.98 Å². The van der Waals surface area contributed by atoms with Crippen molar-refractivity contribution in [2.75, 3.05) is 0 Å². The van der Waals surface area contributed by atoms with E-state index in [0.717, 1.165) is 16.8 Å². The summed E-state index contributed by atoms with van der Waals surface area (Å²) in [5, 5.41) is 7.02. The van der Waals surface area contributed by atoms with Crippen molar-refractivity contribution < 1.29 is 9.32 Å². The van der Waals surface area contributed by atoms with E-state index in [2.05, 4.69) is 20.4 Å². The quantitative estimate of drug-likeness (QED) is 0.717. The minimum atomic E-state index is -0.366. The number of carbonyl (C=O) groups excluding carboxylic acids is 1. The maximum Gasteiger partial charge on any atom is 0.249 e. The van der Waals surface area contributed by atoms with Crippen molar-refractivity contribution in [1.29, 1.82) is 0 Å². The van der Waals surface area contributed by atoms with Crippen LogP contribution in [0.2, 0.25) is 0 Å². The Hall–Kier alpha value is -3.02. The van der Waals surface area contributed by atoms with Gasteiger partial charge in [0.2, 0.25) is 17.6 Å². The number of hydrogen-bond acceptors (Lipinski definition) is 5. The number of nitrogens with zero attached hydrogens (tertiary/aromatic N) is 3. The molecule has 1 amide bonds. The lowest BCUT2D eigenvalue weighted by atomic mass is 10.0. The molecule has 1 N–H and O–H groups in total. The standard InChI is InChI=1S/C21H22N4O2/c1-13(15-6-4-3-5-7-15)20(26)23-14(2)21-24-19(25-27-21)17-10-11-22-18(12-17)16-8-9-16/h3-7,10-14,16H,8-9H2,1-2H3,(H,23,26)/t13?,14-/m0/s1. The van der Waals surface area contributed by atoms with E-state index in [9.17, 15) is 4.79 Å². The third-order valence-electron chi connectivity index (χ3n) is 4.90. The van der Waals surface area contributed by atoms with Gasteiger partial charge in [0.1, 0.15) is 6.04 Å². The van der Waals surface area contributed by atoms with Gasteiger partial charge in [-0.15, -0.1) is 0 Å². The topological polar surface area (TPSA) is 80.9 Å². The molecule has 2 heterocycles. The molecule has 1 saturated carbocycles. The smallest absolute Gasteiger partial charge is 0.249 e. The maximum absolute atomic E-state index is 12.5. The molecule has 1 aromatic carbocycles. The molecular weight excluding hydrogens is 340 g/mol. The van der Waals surface area contributed by atoms with E-state index in [-0.39, 0.29) is 17.9 Å². The van der Waals surface area contributed by atoms with Crippen LogP contribution in [0, 0.1) is 0 Å². The van der Waals surface area contributed by atoms with Crippen LogP contribution >= 0.6 is 0 Å². The van der Waals surface area contributed by atoms with Crippen LogP contribution in [0.5, 0.6) is 0 Å². The SMILES string of the molecule is CC(C(=O)N[C@@H](C)c1nc(-c2ccnc(C3CC3)c2)no1)c1ccccc1. The van der Waals surface area contributed by atoms with Crippen LogP contribution in [0.3, 0.4) is 0 Å². The number of hydrogen-bond donors (Lipinski definition) is 1. The van der Waals surface area contributed by atoms with Crippen molar-refractivity contribution >= 4 is 5.91 Å². The fraction of sp³-hybridized carbons (Fsp3) is 0.333. The van der Waals surface area contributed by atoms with E-state index in [1.807, 2.05) is 56.3 Å². The molecule has 0 saturated heterocycles. The van der Waals surface area contributed by atoms with Gasteiger partial charge in [-0.05, 0) is 44.4 Å². The van der Waals surface area contributed by atoms with Gasteiger partial charge in [-0.3, -0.25) is 9.78 Å². The molecular formula is C21H22N4O2. The van der Waals surface area contributed by atoms with Gasteiger partial charge in [0, 0.05) is 23.4 Å². The highest BCUT2D eigenvalue weighted by atomic mass is 16.5. The molecule has 1 fully saturated rings. The van der Waals surface area contributed by atoms with Crippen LogP contribution in [0.4, 0.5) is 0 Å². The first kappa shape index (κ1) is 17.4. The number of carbonyl (C=O) groups is 1. The zero-order valence-electron chi connectivity index (χ0n) is 15.4. The molecule has 1 unspecified atom stereocenters. The van der Waals surface area contributed by atoms with Crippen LogP contribution < -0.4 is 5.32 Å². The van der Waals surface area contributed by atoms with Crippen molar-refractivity contribution in [3.63, 3.8) is 0 Å². The lowest BCUT2D eigenvalue weighted by molar-refractivity contribution is -0.123. The first-order valence-corrected chi connectivity index (χ1v) is 9.27. The number of amides is 1. The Morgan fingerprint density at radius 1 is 1.19 bits per heavy atom. The number of nitrogens with one attached hydrogen (secondary N) is 1. The summed E-state index contributed by atoms with van der Waals surface area (Å²) in [6, 6.07) is 13.2. The Morgan fingerprint density at radius 2 is 1.96 bits per heavy atom. The zero-order valence-corrected chi connectivity index (χ0v) is 15.4. The Balaban J connectivity index is 1.45. The highest BCUT2D eigenvalue weighted by molar-refractivity contribution is 5.83. The van der Waals surface area contributed by atoms with E-state index in [1.54, 1.807) is 6.20 Å². The van der Waals surface area contributed by atoms with Gasteiger partial charge < -0.3 is 9.84 Å². The normalized spacial score (nSPS) is 15.9. The second-order valence-electron chi connectivity index (χ2n) is 7.06. The van der Waals surface area contributed by atoms with Crippen molar-refractivity contribution in [2.45, 2.75) is 44.6 Å². The monoisotopic (exact) mass is 362 g/mol. The van der Waals surface area contributed by atoms with Crippen molar-refractivity contribution in [2.24, 2.45) is 0 Å². The summed E-state index contributed by atoms with van der Waals surface area (Å²) in [6.07, 6.45) is 4.17. The number of benzene rings is 1. The molecule has 27 heavy (non-hydrogen) atoms. The fourth-order valence-corrected chi connectivity index (χ4v) is 3.01. The molecule has 4 rings (SSSR count). The summed E-state index contributed by atoms with van der Waals surface area (Å²) in [7, 11) is 0. The molecule has 3 aromatic rings. The Kier molecular flexibility index (Phi) is 4.71. The van der Waals surface area contributed by atoms with Gasteiger partial charge in [0.15, 0.2) is 0 Å². The second-order valence-corrected chi connectivity index (χ2v) is 7.06. The minimum Gasteiger partial charge on any atom is -0.344 e. The Labute approximate surface area is 158 Å². The summed E-state index contributed by atoms with van der Waals surface area (Å²) in [6.45, 7) is 3.72. The molecule has 0 aliphatic heterocycles. The minimum absolute atomic E-state index is 0.0756. The molecule has 1 aliphatic carbocycles. The van der Waals surface area contributed by atoms with Crippen LogP contribution in [-0.2, 0) is 4.79 Å². The van der Waals surface area contributed by atoms with Gasteiger partial charge in [0.05, 0.1) is 5.92 Å². The third kappa shape index (κ3) is 3.89. The molecule has 2 aromatic heterocycles. The van der Waals surface area contributed by atoms with E-state index in [1.165, 1.54) is 12.8 Å². The van der Waals surface area contributed by atoms with Crippen molar-refractivity contribution in [3.05, 3.63) is 65.8 Å². The molecule has 0 radical (unpaired) electrons. The van der Waals surface area contributed by atoms with Crippen LogP contribution in [0.1, 0.15) is 61.7 Å². The van der Waals surface area contributed by atoms with Crippen molar-refractivity contribution in [1.82, 2.24) is 20.4 Å². The lowest BCUT2D eigenvalue weighted by Crippen LogP contribution is -2.30. The zero-order chi connectivity index (χ0) is 18.8. The average Bonchev–Trinajstić information content (AvgIpc) is 3.44. The largest absolute Gasteiger partial charge is 0.344 e. The number of rotatable bonds is 6. The second kappa shape index (κ2) is 7.31. The van der Waals surface area contributed by atoms with E-state index < -0.39 is 0 Å². The predicted molar refractivity (Wildman–Crippen MR) is 101 cm³/mol. The van der Waals surface area contributed by atoms with Crippen LogP contribution in [-0.4, -0.2) is 21.0 Å². The van der Waals surface area contributed by atoms with Crippen LogP contribution in [0.15, 0.2) is 53.2 Å². The summed E-state index contributed by atoms with van der Waals surface area (Å²) < 4.78 is 5.39. The molecule has 138 valence electrons. The van der Waals surface area contributed by atoms with Gasteiger partial charge in [0.25, 0.3) is 0 Å². The van der Waals surface area contributed by atoms with Crippen molar-refractivity contribution in [3.8, 4) is 11.4 Å². The molecule has 0 spiro atoms. The van der Waals surface area contributed by atoms with Gasteiger partial charge in [-0.25, -0.2) is 0 Å². The summed E-state index contributed by atoms with van der Waals surface area (Å²) in [4.78, 5) is 21.4. The fourth-order valence-electron chi connectivity index (χ4n) is 3.01. The lowest BCUT2D eigenvalue weighted by Gasteiger charge is -2.15. The molecule has 1 aliphatic rings. The van der Waals surface area contributed by atoms with Gasteiger partial charge >= 0.3 is 0 Å². The Bertz CT molecular complexity index is 934. The Morgan fingerprint density at radius 3 is 2.70 bits per heavy atom. The van der Waals surface area contributed by atoms with Gasteiger partial charge in [-0.1, -0.05) is 35.5 Å². The van der Waals surface area contributed by atoms with E-state index >= 15 is 0 Å². The highest BCUT2D eigenvalue weighted by Gasteiger charge is 2.26. The molecule has 6 heteroatoms. The third-order valence-corrected chi connectivity index (χ3v) is 4.90. The molecule has 6 nitrogen and oxygen atoms in total. The predicted octanol–water partition coefficient (Wildman–Crippen LogP) is 3.99. The average molecular weight is 362 g/mol. The first-order valence-electron chi connectivity index (χ1n) is 9.27. The summed E-state index contributed by atoms with van der Waals surface area (Å²) in [5.74, 6) is 1.15. The summed E-state index contributed by atoms with van der Waals surface area (Å²) in [5.41, 5.74) is 2.94. The number of aromatic nitrogens is 3. The highest BCUT2D eigenvalue weighted by Crippen LogP contribution is 2.39. The van der Waals surface area contributed by atoms with E-state index in [4.69, 9.17) is 4.52 Å².